The molecule has 0 aliphatic heterocycles. The highest BCUT2D eigenvalue weighted by atomic mass is 16.3. The number of hydrogen-bond donors (Lipinski definition) is 1. The maximum absolute atomic E-state index is 13.0. The first-order chi connectivity index (χ1) is 12.0. The zero-order valence-electron chi connectivity index (χ0n) is 14.9. The van der Waals surface area contributed by atoms with Crippen molar-refractivity contribution in [2.45, 2.75) is 52.3 Å². The molecule has 5 nitrogen and oxygen atoms in total. The molecule has 2 unspecified atom stereocenters. The second kappa shape index (κ2) is 7.74. The molecular weight excluding hydrogens is 314 g/mol. The molecule has 1 N–H and O–H groups in total. The molecule has 1 aliphatic rings. The molecule has 2 aromatic heterocycles. The Morgan fingerprint density at radius 1 is 1.04 bits per heavy atom. The lowest BCUT2D eigenvalue weighted by atomic mass is 10.0. The highest BCUT2D eigenvalue weighted by Gasteiger charge is 2.34. The van der Waals surface area contributed by atoms with Crippen LogP contribution in [0, 0.1) is 19.8 Å². The molecule has 0 radical (unpaired) electrons. The van der Waals surface area contributed by atoms with Gasteiger partial charge in [-0.15, -0.1) is 0 Å². The van der Waals surface area contributed by atoms with Crippen LogP contribution in [0.5, 0.6) is 0 Å². The highest BCUT2D eigenvalue weighted by Crippen LogP contribution is 2.28. The van der Waals surface area contributed by atoms with E-state index in [9.17, 15) is 9.90 Å². The number of nitrogens with zero attached hydrogens (tertiary/aromatic N) is 3. The normalized spacial score (nSPS) is 19.8. The first-order valence-corrected chi connectivity index (χ1v) is 8.85. The van der Waals surface area contributed by atoms with Gasteiger partial charge in [0.05, 0.1) is 36.5 Å². The predicted octanol–water partition coefficient (Wildman–Crippen LogP) is 2.78. The molecule has 132 valence electrons. The lowest BCUT2D eigenvalue weighted by Crippen LogP contribution is -2.38. The summed E-state index contributed by atoms with van der Waals surface area (Å²) in [7, 11) is 0. The van der Waals surface area contributed by atoms with Gasteiger partial charge in [0.1, 0.15) is 0 Å². The van der Waals surface area contributed by atoms with E-state index in [0.29, 0.717) is 19.5 Å². The van der Waals surface area contributed by atoms with Gasteiger partial charge in [-0.3, -0.25) is 14.8 Å². The van der Waals surface area contributed by atoms with Crippen LogP contribution in [-0.2, 0) is 17.9 Å². The van der Waals surface area contributed by atoms with Crippen molar-refractivity contribution in [2.75, 3.05) is 0 Å². The number of aliphatic hydroxyl groups is 1. The van der Waals surface area contributed by atoms with E-state index in [4.69, 9.17) is 0 Å². The van der Waals surface area contributed by atoms with Gasteiger partial charge in [-0.1, -0.05) is 12.1 Å². The standard InChI is InChI=1S/C20H25N3O2/c1-14-6-3-8-16(21-14)12-23(13-17-9-4-7-15(2)22-17)20(25)18-10-5-11-19(18)24/h3-4,6-9,18-19,24H,5,10-13H2,1-2H3. The molecule has 1 amide bonds. The van der Waals surface area contributed by atoms with Gasteiger partial charge >= 0.3 is 0 Å². The summed E-state index contributed by atoms with van der Waals surface area (Å²) >= 11 is 0. The summed E-state index contributed by atoms with van der Waals surface area (Å²) in [6.45, 7) is 4.75. The zero-order chi connectivity index (χ0) is 17.8. The van der Waals surface area contributed by atoms with Gasteiger partial charge in [-0.2, -0.15) is 0 Å². The lowest BCUT2D eigenvalue weighted by molar-refractivity contribution is -0.139. The largest absolute Gasteiger partial charge is 0.392 e. The second-order valence-electron chi connectivity index (χ2n) is 6.84. The van der Waals surface area contributed by atoms with Crippen molar-refractivity contribution < 1.29 is 9.90 Å². The summed E-state index contributed by atoms with van der Waals surface area (Å²) in [5, 5.41) is 10.1. The number of aryl methyl sites for hydroxylation is 2. The summed E-state index contributed by atoms with van der Waals surface area (Å²) in [6.07, 6.45) is 1.82. The van der Waals surface area contributed by atoms with Crippen LogP contribution in [0.3, 0.4) is 0 Å². The summed E-state index contributed by atoms with van der Waals surface area (Å²) in [5.74, 6) is -0.314. The van der Waals surface area contributed by atoms with E-state index >= 15 is 0 Å². The summed E-state index contributed by atoms with van der Waals surface area (Å²) < 4.78 is 0. The maximum atomic E-state index is 13.0. The first-order valence-electron chi connectivity index (χ1n) is 8.85. The van der Waals surface area contributed by atoms with Crippen molar-refractivity contribution in [3.63, 3.8) is 0 Å². The average molecular weight is 339 g/mol. The molecule has 0 aromatic carbocycles. The Morgan fingerprint density at radius 2 is 1.60 bits per heavy atom. The summed E-state index contributed by atoms with van der Waals surface area (Å²) in [5.41, 5.74) is 3.57. The van der Waals surface area contributed by atoms with E-state index < -0.39 is 6.10 Å². The minimum absolute atomic E-state index is 0.00314. The molecule has 1 fully saturated rings. The van der Waals surface area contributed by atoms with Crippen LogP contribution in [0.4, 0.5) is 0 Å². The van der Waals surface area contributed by atoms with E-state index in [1.807, 2.05) is 50.2 Å². The van der Waals surface area contributed by atoms with Crippen molar-refractivity contribution in [3.05, 3.63) is 59.2 Å². The van der Waals surface area contributed by atoms with Crippen LogP contribution < -0.4 is 0 Å². The van der Waals surface area contributed by atoms with Crippen molar-refractivity contribution in [1.82, 2.24) is 14.9 Å². The van der Waals surface area contributed by atoms with E-state index in [1.54, 1.807) is 4.90 Å². The Labute approximate surface area is 148 Å². The van der Waals surface area contributed by atoms with E-state index in [2.05, 4.69) is 9.97 Å². The lowest BCUT2D eigenvalue weighted by Gasteiger charge is -2.26. The molecule has 2 heterocycles. The van der Waals surface area contributed by atoms with Gasteiger partial charge < -0.3 is 10.0 Å². The van der Waals surface area contributed by atoms with Crippen LogP contribution in [0.2, 0.25) is 0 Å². The van der Waals surface area contributed by atoms with Crippen LogP contribution >= 0.6 is 0 Å². The minimum Gasteiger partial charge on any atom is -0.392 e. The molecule has 3 rings (SSSR count). The van der Waals surface area contributed by atoms with E-state index in [0.717, 1.165) is 35.6 Å². The van der Waals surface area contributed by atoms with Crippen molar-refractivity contribution in [3.8, 4) is 0 Å². The Bertz CT molecular complexity index is 700. The molecule has 1 saturated carbocycles. The van der Waals surface area contributed by atoms with E-state index in [-0.39, 0.29) is 11.8 Å². The molecule has 0 spiro atoms. The average Bonchev–Trinajstić information content (AvgIpc) is 3.00. The Hall–Kier alpha value is -2.27. The number of rotatable bonds is 5. The summed E-state index contributed by atoms with van der Waals surface area (Å²) in [6, 6.07) is 11.7. The molecule has 25 heavy (non-hydrogen) atoms. The second-order valence-corrected chi connectivity index (χ2v) is 6.84. The maximum Gasteiger partial charge on any atom is 0.229 e. The Kier molecular flexibility index (Phi) is 5.43. The zero-order valence-corrected chi connectivity index (χ0v) is 14.9. The molecule has 0 saturated heterocycles. The number of pyridine rings is 2. The van der Waals surface area contributed by atoms with Gasteiger partial charge in [0.15, 0.2) is 0 Å². The SMILES string of the molecule is Cc1cccc(CN(Cc2cccc(C)n2)C(=O)C2CCCC2O)n1. The number of hydrogen-bond acceptors (Lipinski definition) is 4. The topological polar surface area (TPSA) is 66.3 Å². The number of aliphatic hydroxyl groups excluding tert-OH is 1. The van der Waals surface area contributed by atoms with Crippen LogP contribution in [0.1, 0.15) is 42.0 Å². The van der Waals surface area contributed by atoms with Crippen molar-refractivity contribution in [2.24, 2.45) is 5.92 Å². The van der Waals surface area contributed by atoms with Gasteiger partial charge in [0, 0.05) is 11.4 Å². The van der Waals surface area contributed by atoms with Crippen LogP contribution in [-0.4, -0.2) is 32.0 Å². The fourth-order valence-electron chi connectivity index (χ4n) is 3.44. The molecule has 5 heteroatoms. The third-order valence-electron chi connectivity index (χ3n) is 4.71. The Balaban J connectivity index is 1.83. The van der Waals surface area contributed by atoms with Crippen molar-refractivity contribution >= 4 is 5.91 Å². The fraction of sp³-hybridized carbons (Fsp3) is 0.450. The minimum atomic E-state index is -0.536. The molecular formula is C20H25N3O2. The van der Waals surface area contributed by atoms with Gasteiger partial charge in [-0.05, 0) is 57.4 Å². The third kappa shape index (κ3) is 4.42. The first kappa shape index (κ1) is 17.5. The third-order valence-corrected chi connectivity index (χ3v) is 4.71. The monoisotopic (exact) mass is 339 g/mol. The van der Waals surface area contributed by atoms with Crippen molar-refractivity contribution in [1.29, 1.82) is 0 Å². The molecule has 1 aliphatic carbocycles. The predicted molar refractivity (Wildman–Crippen MR) is 95.5 cm³/mol. The van der Waals surface area contributed by atoms with Gasteiger partial charge in [0.2, 0.25) is 5.91 Å². The van der Waals surface area contributed by atoms with Crippen LogP contribution in [0.15, 0.2) is 36.4 Å². The molecule has 2 atom stereocenters. The fourth-order valence-corrected chi connectivity index (χ4v) is 3.44. The number of amides is 1. The quantitative estimate of drug-likeness (QED) is 0.910. The molecule has 2 aromatic rings. The molecule has 0 bridgehead atoms. The Morgan fingerprint density at radius 3 is 2.04 bits per heavy atom. The highest BCUT2D eigenvalue weighted by molar-refractivity contribution is 5.79. The number of aromatic nitrogens is 2. The summed E-state index contributed by atoms with van der Waals surface area (Å²) in [4.78, 5) is 23.9. The van der Waals surface area contributed by atoms with Gasteiger partial charge in [-0.25, -0.2) is 0 Å². The van der Waals surface area contributed by atoms with Gasteiger partial charge in [0.25, 0.3) is 0 Å². The number of carbonyl (C=O) groups is 1. The number of carbonyl (C=O) groups excluding carboxylic acids is 1. The van der Waals surface area contributed by atoms with E-state index in [1.165, 1.54) is 0 Å². The van der Waals surface area contributed by atoms with Crippen LogP contribution in [0.25, 0.3) is 0 Å². The smallest absolute Gasteiger partial charge is 0.229 e.